The summed E-state index contributed by atoms with van der Waals surface area (Å²) in [6.07, 6.45) is 1.08. The second-order valence-electron chi connectivity index (χ2n) is 6.67. The van der Waals surface area contributed by atoms with Gasteiger partial charge in [0.15, 0.2) is 0 Å². The average molecular weight is 388 g/mol. The molecule has 2 aromatic rings. The molecule has 1 fully saturated rings. The summed E-state index contributed by atoms with van der Waals surface area (Å²) in [6, 6.07) is 10.3. The van der Waals surface area contributed by atoms with E-state index in [0.29, 0.717) is 12.2 Å². The molecule has 1 amide bonds. The molecular weight excluding hydrogens is 364 g/mol. The van der Waals surface area contributed by atoms with Crippen LogP contribution < -0.4 is 4.90 Å². The summed E-state index contributed by atoms with van der Waals surface area (Å²) in [4.78, 5) is 30.4. The molecule has 0 atom stereocenters. The average Bonchev–Trinajstić information content (AvgIpc) is 3.20. The number of piperazine rings is 1. The van der Waals surface area contributed by atoms with Gasteiger partial charge in [-0.05, 0) is 30.0 Å². The third kappa shape index (κ3) is 5.35. The minimum atomic E-state index is -0.441. The summed E-state index contributed by atoms with van der Waals surface area (Å²) in [6.45, 7) is 5.13. The summed E-state index contributed by atoms with van der Waals surface area (Å²) in [5.41, 5.74) is 0.693. The summed E-state index contributed by atoms with van der Waals surface area (Å²) in [5, 5.41) is 12.8. The Labute approximate surface area is 163 Å². The second kappa shape index (κ2) is 9.07. The van der Waals surface area contributed by atoms with E-state index in [-0.39, 0.29) is 11.6 Å². The van der Waals surface area contributed by atoms with Crippen LogP contribution in [-0.4, -0.2) is 66.9 Å². The maximum Gasteiger partial charge on any atom is 0.269 e. The lowest BCUT2D eigenvalue weighted by Crippen LogP contribution is -2.50. The van der Waals surface area contributed by atoms with E-state index >= 15 is 0 Å². The largest absolute Gasteiger partial charge is 0.314 e. The molecule has 0 radical (unpaired) electrons. The number of nitro groups is 1. The van der Waals surface area contributed by atoms with E-state index in [9.17, 15) is 14.9 Å². The van der Waals surface area contributed by atoms with E-state index in [4.69, 9.17) is 0 Å². The highest BCUT2D eigenvalue weighted by atomic mass is 32.1. The predicted octanol–water partition coefficient (Wildman–Crippen LogP) is 2.48. The Morgan fingerprint density at radius 2 is 1.81 bits per heavy atom. The molecule has 8 heteroatoms. The van der Waals surface area contributed by atoms with Crippen molar-refractivity contribution >= 4 is 28.6 Å². The van der Waals surface area contributed by atoms with Crippen LogP contribution in [-0.2, 0) is 11.2 Å². The molecule has 0 saturated carbocycles. The first-order chi connectivity index (χ1) is 13.0. The minimum Gasteiger partial charge on any atom is -0.314 e. The molecule has 0 N–H and O–H groups in total. The number of carbonyl (C=O) groups excluding carboxylic acids is 1. The third-order valence-corrected chi connectivity index (χ3v) is 5.84. The van der Waals surface area contributed by atoms with Crippen LogP contribution in [0.5, 0.6) is 0 Å². The summed E-state index contributed by atoms with van der Waals surface area (Å²) < 4.78 is 0. The molecule has 1 saturated heterocycles. The van der Waals surface area contributed by atoms with E-state index in [1.807, 2.05) is 0 Å². The van der Waals surface area contributed by atoms with Crippen molar-refractivity contribution in [1.29, 1.82) is 0 Å². The first-order valence-corrected chi connectivity index (χ1v) is 9.89. The van der Waals surface area contributed by atoms with Crippen molar-refractivity contribution in [1.82, 2.24) is 9.80 Å². The molecule has 0 unspecified atom stereocenters. The molecule has 1 aliphatic rings. The number of nitro benzene ring substituents is 1. The fourth-order valence-electron chi connectivity index (χ4n) is 3.13. The highest BCUT2D eigenvalue weighted by Crippen LogP contribution is 2.19. The number of non-ortho nitro benzene ring substituents is 1. The summed E-state index contributed by atoms with van der Waals surface area (Å²) in [5.74, 6) is -0.00381. The van der Waals surface area contributed by atoms with Gasteiger partial charge in [-0.2, -0.15) is 0 Å². The number of amides is 1. The van der Waals surface area contributed by atoms with Gasteiger partial charge >= 0.3 is 0 Å². The summed E-state index contributed by atoms with van der Waals surface area (Å²) >= 11 is 1.80. The number of likely N-dealkylation sites (N-methyl/N-ethyl adjacent to an activating group) is 1. The normalized spacial score (nSPS) is 15.6. The number of thiophene rings is 1. The Kier molecular flexibility index (Phi) is 6.54. The van der Waals surface area contributed by atoms with Crippen LogP contribution in [0.4, 0.5) is 11.4 Å². The van der Waals surface area contributed by atoms with E-state index < -0.39 is 4.92 Å². The van der Waals surface area contributed by atoms with Gasteiger partial charge in [0.2, 0.25) is 5.91 Å². The Bertz CT molecular complexity index is 756. The number of carbonyl (C=O) groups is 1. The van der Waals surface area contributed by atoms with Crippen molar-refractivity contribution in [3.8, 4) is 0 Å². The van der Waals surface area contributed by atoms with E-state index in [0.717, 1.165) is 39.1 Å². The van der Waals surface area contributed by atoms with E-state index in [1.165, 1.54) is 17.0 Å². The van der Waals surface area contributed by atoms with Crippen LogP contribution in [0.2, 0.25) is 0 Å². The van der Waals surface area contributed by atoms with Crippen molar-refractivity contribution in [2.24, 2.45) is 0 Å². The Morgan fingerprint density at radius 1 is 1.15 bits per heavy atom. The predicted molar refractivity (Wildman–Crippen MR) is 107 cm³/mol. The molecule has 3 rings (SSSR count). The third-order valence-electron chi connectivity index (χ3n) is 4.90. The van der Waals surface area contributed by atoms with Gasteiger partial charge in [0.1, 0.15) is 0 Å². The van der Waals surface area contributed by atoms with Crippen LogP contribution in [0, 0.1) is 10.1 Å². The van der Waals surface area contributed by atoms with Gasteiger partial charge in [0, 0.05) is 62.5 Å². The van der Waals surface area contributed by atoms with E-state index in [2.05, 4.69) is 27.3 Å². The topological polar surface area (TPSA) is 69.9 Å². The molecule has 144 valence electrons. The van der Waals surface area contributed by atoms with Gasteiger partial charge in [-0.3, -0.25) is 19.8 Å². The van der Waals surface area contributed by atoms with Crippen molar-refractivity contribution < 1.29 is 9.72 Å². The lowest BCUT2D eigenvalue weighted by atomic mass is 10.2. The molecule has 1 aliphatic heterocycles. The molecular formula is C19H24N4O3S. The SMILES string of the molecule is CN(C(=O)CN1CCN(CCc2cccs2)CC1)c1ccc([N+](=O)[O-])cc1. The van der Waals surface area contributed by atoms with Gasteiger partial charge in [0.05, 0.1) is 11.5 Å². The molecule has 2 heterocycles. The Morgan fingerprint density at radius 3 is 2.41 bits per heavy atom. The zero-order chi connectivity index (χ0) is 19.2. The number of hydrogen-bond donors (Lipinski definition) is 0. The van der Waals surface area contributed by atoms with Gasteiger partial charge in [-0.25, -0.2) is 0 Å². The van der Waals surface area contributed by atoms with Gasteiger partial charge in [-0.1, -0.05) is 6.07 Å². The minimum absolute atomic E-state index is 0.00381. The Balaban J connectivity index is 1.43. The fraction of sp³-hybridized carbons (Fsp3) is 0.421. The second-order valence-corrected chi connectivity index (χ2v) is 7.71. The van der Waals surface area contributed by atoms with Crippen molar-refractivity contribution in [2.45, 2.75) is 6.42 Å². The number of anilines is 1. The van der Waals surface area contributed by atoms with Crippen LogP contribution >= 0.6 is 11.3 Å². The molecule has 0 spiro atoms. The van der Waals surface area contributed by atoms with E-state index in [1.54, 1.807) is 35.4 Å². The monoisotopic (exact) mass is 388 g/mol. The standard InChI is InChI=1S/C19H24N4O3S/c1-20(16-4-6-17(7-5-16)23(25)26)19(24)15-22-12-10-21(11-13-22)9-8-18-3-2-14-27-18/h2-7,14H,8-13,15H2,1H3. The Hall–Kier alpha value is -2.29. The molecule has 1 aromatic carbocycles. The molecule has 1 aromatic heterocycles. The highest BCUT2D eigenvalue weighted by molar-refractivity contribution is 7.09. The quantitative estimate of drug-likeness (QED) is 0.538. The van der Waals surface area contributed by atoms with Crippen LogP contribution in [0.15, 0.2) is 41.8 Å². The molecule has 27 heavy (non-hydrogen) atoms. The van der Waals surface area contributed by atoms with Crippen molar-refractivity contribution in [3.05, 3.63) is 56.8 Å². The number of rotatable bonds is 7. The number of benzene rings is 1. The smallest absolute Gasteiger partial charge is 0.269 e. The number of hydrogen-bond acceptors (Lipinski definition) is 6. The first kappa shape index (κ1) is 19.5. The van der Waals surface area contributed by atoms with Crippen LogP contribution in [0.25, 0.3) is 0 Å². The highest BCUT2D eigenvalue weighted by Gasteiger charge is 2.21. The maximum absolute atomic E-state index is 12.5. The maximum atomic E-state index is 12.5. The van der Waals surface area contributed by atoms with Gasteiger partial charge < -0.3 is 9.80 Å². The molecule has 7 nitrogen and oxygen atoms in total. The zero-order valence-electron chi connectivity index (χ0n) is 15.4. The molecule has 0 aliphatic carbocycles. The number of nitrogens with zero attached hydrogens (tertiary/aromatic N) is 4. The van der Waals surface area contributed by atoms with Crippen molar-refractivity contribution in [3.63, 3.8) is 0 Å². The van der Waals surface area contributed by atoms with Gasteiger partial charge in [-0.15, -0.1) is 11.3 Å². The van der Waals surface area contributed by atoms with Crippen molar-refractivity contribution in [2.75, 3.05) is 51.2 Å². The first-order valence-electron chi connectivity index (χ1n) is 9.01. The zero-order valence-corrected chi connectivity index (χ0v) is 16.2. The van der Waals surface area contributed by atoms with Crippen LogP contribution in [0.1, 0.15) is 4.88 Å². The lowest BCUT2D eigenvalue weighted by Gasteiger charge is -2.35. The molecule has 0 bridgehead atoms. The van der Waals surface area contributed by atoms with Gasteiger partial charge in [0.25, 0.3) is 5.69 Å². The fourth-order valence-corrected chi connectivity index (χ4v) is 3.83. The lowest BCUT2D eigenvalue weighted by molar-refractivity contribution is -0.384. The van der Waals surface area contributed by atoms with Crippen LogP contribution in [0.3, 0.4) is 0 Å². The summed E-state index contributed by atoms with van der Waals surface area (Å²) in [7, 11) is 1.71.